The molecule has 0 radical (unpaired) electrons. The molecule has 0 aliphatic rings. The van der Waals surface area contributed by atoms with Gasteiger partial charge in [0.2, 0.25) is 0 Å². The Labute approximate surface area is 75.3 Å². The molecule has 0 saturated heterocycles. The maximum absolute atomic E-state index is 7.32. The minimum atomic E-state index is -3.32. The Hall–Kier alpha value is 0.0400. The summed E-state index contributed by atoms with van der Waals surface area (Å²) in [7, 11) is 0. The molecule has 1 heteroatoms. The van der Waals surface area contributed by atoms with Gasteiger partial charge in [0, 0.05) is 33.1 Å². The van der Waals surface area contributed by atoms with Crippen molar-refractivity contribution in [3.05, 3.63) is 0 Å². The summed E-state index contributed by atoms with van der Waals surface area (Å²) in [4.78, 5) is 0. The molecular formula is C7H11Br. The maximum atomic E-state index is 7.32. The van der Waals surface area contributed by atoms with Crippen LogP contribution < -0.4 is 0 Å². The first-order chi connectivity index (χ1) is 7.96. The topological polar surface area (TPSA) is 0 Å². The molecule has 0 spiro atoms. The molecule has 0 fully saturated rings. The van der Waals surface area contributed by atoms with Crippen LogP contribution >= 0.6 is 15.9 Å². The van der Waals surface area contributed by atoms with E-state index in [1.54, 1.807) is 11.8 Å². The lowest BCUT2D eigenvalue weighted by molar-refractivity contribution is 0.981. The molecule has 0 aromatic rings. The minimum absolute atomic E-state index is 1.56. The zero-order chi connectivity index (χ0) is 15.9. The van der Waals surface area contributed by atoms with Crippen LogP contribution in [0.4, 0.5) is 0 Å². The van der Waals surface area contributed by atoms with Crippen LogP contribution in [0.25, 0.3) is 0 Å². The van der Waals surface area contributed by atoms with Gasteiger partial charge in [-0.05, 0) is 6.37 Å². The summed E-state index contributed by atoms with van der Waals surface area (Å²) in [6.45, 7) is -3.29. The van der Waals surface area contributed by atoms with E-state index in [1.165, 1.54) is 0 Å². The third kappa shape index (κ3) is 6.04. The number of hydrogen-bond donors (Lipinski definition) is 0. The monoisotopic (exact) mass is 185 g/mol. The molecule has 0 N–H and O–H groups in total. The maximum Gasteiger partial charge on any atom is 0.0411 e. The highest BCUT2D eigenvalue weighted by molar-refractivity contribution is 9.09. The molecule has 0 heterocycles. The molecule has 0 nitrogen and oxygen atoms in total. The Kier molecular flexibility index (Phi) is 1.08. The largest absolute Gasteiger partial charge is 0.103 e. The Morgan fingerprint density at radius 3 is 3.00 bits per heavy atom. The number of hydrogen-bond acceptors (Lipinski definition) is 0. The Bertz CT molecular complexity index is 390. The van der Waals surface area contributed by atoms with E-state index in [-0.39, 0.29) is 0 Å². The first-order valence-electron chi connectivity index (χ1n) is 7.19. The van der Waals surface area contributed by atoms with Crippen molar-refractivity contribution in [3.8, 4) is 11.8 Å². The van der Waals surface area contributed by atoms with Crippen LogP contribution in [0.2, 0.25) is 0 Å². The van der Waals surface area contributed by atoms with Crippen LogP contribution in [0.15, 0.2) is 0 Å². The van der Waals surface area contributed by atoms with Gasteiger partial charge >= 0.3 is 0 Å². The van der Waals surface area contributed by atoms with E-state index < -0.39 is 31.3 Å². The summed E-state index contributed by atoms with van der Waals surface area (Å²) in [5, 5.41) is -2.59. The lowest BCUT2D eigenvalue weighted by Gasteiger charge is -1.77. The first-order valence-corrected chi connectivity index (χ1v) is 2.48. The fourth-order valence-corrected chi connectivity index (χ4v) is 0.216. The molecule has 0 aromatic carbocycles. The van der Waals surface area contributed by atoms with Gasteiger partial charge in [-0.15, -0.1) is 11.8 Å². The summed E-state index contributed by atoms with van der Waals surface area (Å²) >= 11 is 2.39. The van der Waals surface area contributed by atoms with Crippen molar-refractivity contribution in [1.29, 1.82) is 0 Å². The van der Waals surface area contributed by atoms with E-state index in [0.29, 0.717) is 0 Å². The normalized spacial score (nSPS) is 36.9. The summed E-state index contributed by atoms with van der Waals surface area (Å²) in [5.41, 5.74) is 0. The zero-order valence-electron chi connectivity index (χ0n) is 14.9. The number of halogens is 1. The molecule has 46 valence electrons. The smallest absolute Gasteiger partial charge is 0.0411 e. The van der Waals surface area contributed by atoms with Crippen molar-refractivity contribution >= 4 is 15.9 Å². The molecule has 0 amide bonds. The molecule has 0 rings (SSSR count). The predicted octanol–water partition coefficient (Wildman–Crippen LogP) is 2.57. The second-order valence-electron chi connectivity index (χ2n) is 0.719. The predicted molar refractivity (Wildman–Crippen MR) is 41.1 cm³/mol. The number of alkyl halides is 1. The molecule has 0 aromatic heterocycles. The van der Waals surface area contributed by atoms with E-state index >= 15 is 0 Å². The fourth-order valence-electron chi connectivity index (χ4n) is 0.117. The van der Waals surface area contributed by atoms with E-state index in [4.69, 9.17) is 15.1 Å². The second-order valence-corrected chi connectivity index (χ2v) is 1.12. The van der Waals surface area contributed by atoms with Crippen LogP contribution in [0.3, 0.4) is 0 Å². The first kappa shape index (κ1) is 1.22. The molecular weight excluding hydrogens is 164 g/mol. The lowest BCUT2D eigenvalue weighted by atomic mass is 10.3. The van der Waals surface area contributed by atoms with Crippen LogP contribution in [0, 0.1) is 11.8 Å². The second kappa shape index (κ2) is 7.04. The molecule has 0 aliphatic carbocycles. The quantitative estimate of drug-likeness (QED) is 0.459. The highest BCUT2D eigenvalue weighted by atomic mass is 79.9. The van der Waals surface area contributed by atoms with E-state index in [1.807, 2.05) is 0 Å². The molecule has 0 atom stereocenters. The minimum Gasteiger partial charge on any atom is -0.103 e. The van der Waals surface area contributed by atoms with Gasteiger partial charge in [0.15, 0.2) is 0 Å². The fraction of sp³-hybridized carbons (Fsp3) is 0.714. The molecule has 8 heavy (non-hydrogen) atoms. The lowest BCUT2D eigenvalue weighted by Crippen LogP contribution is -1.66. The van der Waals surface area contributed by atoms with E-state index in [9.17, 15) is 0 Å². The van der Waals surface area contributed by atoms with Gasteiger partial charge in [0.05, 0.1) is 0 Å². The van der Waals surface area contributed by atoms with Crippen molar-refractivity contribution in [1.82, 2.24) is 0 Å². The third-order valence-electron chi connectivity index (χ3n) is 0.297. The highest BCUT2D eigenvalue weighted by Crippen LogP contribution is 1.86. The van der Waals surface area contributed by atoms with Gasteiger partial charge in [0.1, 0.15) is 0 Å². The Morgan fingerprint density at radius 1 is 1.62 bits per heavy atom. The number of rotatable bonds is 2. The molecule has 0 bridgehead atoms. The Morgan fingerprint density at radius 2 is 2.38 bits per heavy atom. The van der Waals surface area contributed by atoms with Gasteiger partial charge in [-0.3, -0.25) is 0 Å². The van der Waals surface area contributed by atoms with Crippen LogP contribution in [0.1, 0.15) is 41.0 Å². The summed E-state index contributed by atoms with van der Waals surface area (Å²) < 4.78 is 78.6. The molecule has 0 unspecified atom stereocenters. The standard InChI is InChI=1S/C7H11Br/c1-2-3-4-5-6-7-8/h2-3,6-7H2,1H3/i1D3,2D2,3D2,6D2,7D2. The van der Waals surface area contributed by atoms with Gasteiger partial charge in [0.25, 0.3) is 0 Å². The van der Waals surface area contributed by atoms with Crippen molar-refractivity contribution in [2.45, 2.75) is 26.0 Å². The van der Waals surface area contributed by atoms with Gasteiger partial charge in [-0.1, -0.05) is 22.8 Å². The highest BCUT2D eigenvalue weighted by Gasteiger charge is 1.70. The van der Waals surface area contributed by atoms with Crippen molar-refractivity contribution < 1.29 is 15.1 Å². The van der Waals surface area contributed by atoms with E-state index in [2.05, 4.69) is 15.9 Å². The van der Waals surface area contributed by atoms with Gasteiger partial charge in [-0.25, -0.2) is 0 Å². The summed E-state index contributed by atoms with van der Waals surface area (Å²) in [5.74, 6) is 3.17. The Balaban J connectivity index is 5.55. The average molecular weight is 186 g/mol. The van der Waals surface area contributed by atoms with Crippen LogP contribution in [0.5, 0.6) is 0 Å². The van der Waals surface area contributed by atoms with Gasteiger partial charge in [-0.2, -0.15) is 0 Å². The van der Waals surface area contributed by atoms with Crippen molar-refractivity contribution in [2.24, 2.45) is 0 Å². The zero-order valence-corrected chi connectivity index (χ0v) is 5.46. The summed E-state index contributed by atoms with van der Waals surface area (Å²) in [6.07, 6.45) is -9.29. The SMILES string of the molecule is [2H]C([2H])([2H])C([2H])([2H])C([2H])([2H])C#CC([2H])([2H])C([2H])([2H])Br. The molecule has 0 saturated carbocycles. The molecule has 0 aliphatic heterocycles. The van der Waals surface area contributed by atoms with Crippen LogP contribution in [-0.4, -0.2) is 5.28 Å². The van der Waals surface area contributed by atoms with Crippen molar-refractivity contribution in [3.63, 3.8) is 0 Å². The third-order valence-corrected chi connectivity index (χ3v) is 0.495. The van der Waals surface area contributed by atoms with Crippen molar-refractivity contribution in [2.75, 3.05) is 5.28 Å². The average Bonchev–Trinajstić information content (AvgIpc) is 2.11. The van der Waals surface area contributed by atoms with Gasteiger partial charge < -0.3 is 0 Å². The summed E-state index contributed by atoms with van der Waals surface area (Å²) in [6, 6.07) is 0. The van der Waals surface area contributed by atoms with Crippen LogP contribution in [-0.2, 0) is 0 Å². The van der Waals surface area contributed by atoms with E-state index in [0.717, 1.165) is 0 Å².